The Bertz CT molecular complexity index is 2530. The molecule has 5 aromatic heterocycles. The first kappa shape index (κ1) is 32.4. The van der Waals surface area contributed by atoms with Crippen LogP contribution in [0.5, 0.6) is 5.75 Å². The van der Waals surface area contributed by atoms with Gasteiger partial charge in [-0.25, -0.2) is 23.1 Å². The number of amides is 1. The summed E-state index contributed by atoms with van der Waals surface area (Å²) in [7, 11) is 3.62. The third-order valence-electron chi connectivity index (χ3n) is 9.48. The van der Waals surface area contributed by atoms with Crippen LogP contribution in [-0.4, -0.2) is 51.4 Å². The first-order valence-electron chi connectivity index (χ1n) is 16.2. The second-order valence-electron chi connectivity index (χ2n) is 12.6. The van der Waals surface area contributed by atoms with E-state index in [1.165, 1.54) is 11.5 Å². The van der Waals surface area contributed by atoms with Crippen molar-refractivity contribution < 1.29 is 22.7 Å². The minimum Gasteiger partial charge on any atom is -0.486 e. The largest absolute Gasteiger partial charge is 0.486 e. The lowest BCUT2D eigenvalue weighted by atomic mass is 9.94. The van der Waals surface area contributed by atoms with Crippen molar-refractivity contribution in [1.82, 2.24) is 39.0 Å². The SMILES string of the molecule is C=CC(=O)N1C[C@H](C)n2nc(-c3nc(-c4ccc5c(c4)ncn5C)c4scc(F)c4c3-c3c(F)cc(F)cc3OCc3ccnn3C)cc2[C@H]1C. The normalized spacial score (nSPS) is 15.9. The van der Waals surface area contributed by atoms with Gasteiger partial charge in [-0.1, -0.05) is 12.6 Å². The standard InChI is InChI=1S/C37H31F3N8O2S/c1-6-31(49)47-15-19(2)48-29(20(47)3)14-27(44-48)36-34(32-24(39)12-22(38)13-30(32)50-16-23-9-10-42-46(23)5)33-25(40)17-51-37(33)35(43-36)21-7-8-28-26(11-21)41-18-45(28)4/h6-14,17-20H,1,15-16H2,2-5H3/t19-,20+/m0/s1. The molecule has 2 atom stereocenters. The average Bonchev–Trinajstić information content (AvgIpc) is 3.91. The van der Waals surface area contributed by atoms with Gasteiger partial charge in [0, 0.05) is 60.9 Å². The average molecular weight is 709 g/mol. The predicted molar refractivity (Wildman–Crippen MR) is 188 cm³/mol. The molecule has 258 valence electrons. The van der Waals surface area contributed by atoms with Gasteiger partial charge < -0.3 is 14.2 Å². The van der Waals surface area contributed by atoms with Crippen molar-refractivity contribution in [2.45, 2.75) is 32.5 Å². The van der Waals surface area contributed by atoms with E-state index < -0.39 is 17.5 Å². The topological polar surface area (TPSA) is 95.9 Å². The molecule has 2 aromatic carbocycles. The zero-order chi connectivity index (χ0) is 35.7. The Morgan fingerprint density at radius 3 is 2.65 bits per heavy atom. The maximum absolute atomic E-state index is 16.4. The maximum atomic E-state index is 16.4. The number of fused-ring (bicyclic) bond motifs is 3. The van der Waals surface area contributed by atoms with Crippen LogP contribution in [0.1, 0.15) is 37.3 Å². The highest BCUT2D eigenvalue weighted by atomic mass is 32.1. The molecule has 0 spiro atoms. The first-order chi connectivity index (χ1) is 24.5. The number of imidazole rings is 1. The van der Waals surface area contributed by atoms with Gasteiger partial charge in [0.15, 0.2) is 0 Å². The van der Waals surface area contributed by atoms with E-state index in [4.69, 9.17) is 14.8 Å². The number of pyridine rings is 1. The van der Waals surface area contributed by atoms with E-state index >= 15 is 8.78 Å². The van der Waals surface area contributed by atoms with E-state index in [1.807, 2.05) is 48.3 Å². The van der Waals surface area contributed by atoms with Gasteiger partial charge in [-0.2, -0.15) is 10.2 Å². The van der Waals surface area contributed by atoms with Gasteiger partial charge in [-0.15, -0.1) is 11.3 Å². The molecule has 14 heteroatoms. The quantitative estimate of drug-likeness (QED) is 0.157. The maximum Gasteiger partial charge on any atom is 0.246 e. The van der Waals surface area contributed by atoms with E-state index in [9.17, 15) is 9.18 Å². The van der Waals surface area contributed by atoms with Gasteiger partial charge in [0.2, 0.25) is 5.91 Å². The molecule has 1 amide bonds. The number of hydrogen-bond acceptors (Lipinski definition) is 7. The highest BCUT2D eigenvalue weighted by molar-refractivity contribution is 7.17. The number of carbonyl (C=O) groups is 1. The van der Waals surface area contributed by atoms with Crippen LogP contribution in [0.25, 0.3) is 54.9 Å². The second kappa shape index (κ2) is 12.2. The number of carbonyl (C=O) groups excluding carboxylic acids is 1. The smallest absolute Gasteiger partial charge is 0.246 e. The molecule has 6 heterocycles. The fourth-order valence-corrected chi connectivity index (χ4v) is 7.79. The molecule has 0 unspecified atom stereocenters. The molecular formula is C37H31F3N8O2S. The Labute approximate surface area is 294 Å². The molecule has 7 aromatic rings. The number of aromatic nitrogens is 7. The molecule has 0 N–H and O–H groups in total. The number of ether oxygens (including phenoxy) is 1. The number of halogens is 3. The summed E-state index contributed by atoms with van der Waals surface area (Å²) in [4.78, 5) is 24.1. The molecule has 0 saturated carbocycles. The summed E-state index contributed by atoms with van der Waals surface area (Å²) < 4.78 is 59.4. The van der Waals surface area contributed by atoms with Crippen LogP contribution < -0.4 is 4.74 Å². The fraction of sp³-hybridized carbons (Fsp3) is 0.216. The molecular weight excluding hydrogens is 678 g/mol. The zero-order valence-electron chi connectivity index (χ0n) is 28.1. The Kier molecular flexibility index (Phi) is 7.78. The lowest BCUT2D eigenvalue weighted by Crippen LogP contribution is -2.42. The van der Waals surface area contributed by atoms with Gasteiger partial charge in [0.05, 0.1) is 56.8 Å². The van der Waals surface area contributed by atoms with Crippen molar-refractivity contribution in [3.05, 3.63) is 102 Å². The first-order valence-corrected chi connectivity index (χ1v) is 17.1. The Hall–Kier alpha value is -5.76. The second-order valence-corrected chi connectivity index (χ2v) is 13.5. The molecule has 0 bridgehead atoms. The van der Waals surface area contributed by atoms with E-state index in [0.29, 0.717) is 39.6 Å². The van der Waals surface area contributed by atoms with Crippen LogP contribution in [0.15, 0.2) is 73.0 Å². The Balaban J connectivity index is 1.41. The Morgan fingerprint density at radius 1 is 1.06 bits per heavy atom. The molecule has 51 heavy (non-hydrogen) atoms. The third-order valence-corrected chi connectivity index (χ3v) is 10.4. The third kappa shape index (κ3) is 5.28. The van der Waals surface area contributed by atoms with Gasteiger partial charge in [0.25, 0.3) is 0 Å². The summed E-state index contributed by atoms with van der Waals surface area (Å²) in [5.41, 5.74) is 4.48. The molecule has 1 aliphatic rings. The summed E-state index contributed by atoms with van der Waals surface area (Å²) in [6, 6.07) is 10.4. The van der Waals surface area contributed by atoms with Crippen LogP contribution in [0.4, 0.5) is 13.2 Å². The van der Waals surface area contributed by atoms with Crippen molar-refractivity contribution in [2.75, 3.05) is 6.54 Å². The van der Waals surface area contributed by atoms with Gasteiger partial charge in [-0.05, 0) is 44.2 Å². The summed E-state index contributed by atoms with van der Waals surface area (Å²) in [6.07, 6.45) is 4.57. The van der Waals surface area contributed by atoms with Crippen molar-refractivity contribution in [3.8, 4) is 39.5 Å². The minimum atomic E-state index is -0.957. The lowest BCUT2D eigenvalue weighted by Gasteiger charge is -2.36. The van der Waals surface area contributed by atoms with Crippen LogP contribution in [0.2, 0.25) is 0 Å². The number of hydrogen-bond donors (Lipinski definition) is 0. The molecule has 0 saturated heterocycles. The number of aryl methyl sites for hydroxylation is 2. The zero-order valence-corrected chi connectivity index (χ0v) is 28.9. The Morgan fingerprint density at radius 2 is 1.88 bits per heavy atom. The summed E-state index contributed by atoms with van der Waals surface area (Å²) in [5.74, 6) is -2.79. The van der Waals surface area contributed by atoms with Crippen molar-refractivity contribution in [2.24, 2.45) is 14.1 Å². The van der Waals surface area contributed by atoms with Crippen molar-refractivity contribution >= 4 is 38.4 Å². The number of rotatable bonds is 7. The van der Waals surface area contributed by atoms with E-state index in [2.05, 4.69) is 16.7 Å². The predicted octanol–water partition coefficient (Wildman–Crippen LogP) is 7.76. The minimum absolute atomic E-state index is 0.0619. The molecule has 8 rings (SSSR count). The molecule has 0 aliphatic carbocycles. The molecule has 0 radical (unpaired) electrons. The van der Waals surface area contributed by atoms with Gasteiger partial charge in [0.1, 0.15) is 41.2 Å². The van der Waals surface area contributed by atoms with Crippen LogP contribution in [-0.2, 0) is 25.5 Å². The van der Waals surface area contributed by atoms with E-state index in [0.717, 1.165) is 34.5 Å². The molecule has 0 fully saturated rings. The fourth-order valence-electron chi connectivity index (χ4n) is 6.86. The van der Waals surface area contributed by atoms with Crippen molar-refractivity contribution in [1.29, 1.82) is 0 Å². The number of benzene rings is 2. The molecule has 1 aliphatic heterocycles. The van der Waals surface area contributed by atoms with Gasteiger partial charge in [-0.3, -0.25) is 14.2 Å². The lowest BCUT2D eigenvalue weighted by molar-refractivity contribution is -0.129. The van der Waals surface area contributed by atoms with E-state index in [-0.39, 0.29) is 52.6 Å². The van der Waals surface area contributed by atoms with Crippen LogP contribution in [0.3, 0.4) is 0 Å². The van der Waals surface area contributed by atoms with Crippen LogP contribution >= 0.6 is 11.3 Å². The number of thiophene rings is 1. The monoisotopic (exact) mass is 708 g/mol. The highest BCUT2D eigenvalue weighted by Gasteiger charge is 2.34. The van der Waals surface area contributed by atoms with E-state index in [1.54, 1.807) is 41.3 Å². The summed E-state index contributed by atoms with van der Waals surface area (Å²) >= 11 is 1.13. The summed E-state index contributed by atoms with van der Waals surface area (Å²) in [5, 5.41) is 10.5. The van der Waals surface area contributed by atoms with Gasteiger partial charge >= 0.3 is 0 Å². The number of nitrogens with zero attached hydrogens (tertiary/aromatic N) is 8. The summed E-state index contributed by atoms with van der Waals surface area (Å²) in [6.45, 7) is 7.80. The molecule has 10 nitrogen and oxygen atoms in total. The highest BCUT2D eigenvalue weighted by Crippen LogP contribution is 2.48. The van der Waals surface area contributed by atoms with Crippen molar-refractivity contribution in [3.63, 3.8) is 0 Å². The van der Waals surface area contributed by atoms with Crippen LogP contribution in [0, 0.1) is 17.5 Å².